The molecule has 0 N–H and O–H groups in total. The van der Waals surface area contributed by atoms with Gasteiger partial charge in [-0.2, -0.15) is 0 Å². The first kappa shape index (κ1) is 31.6. The molecule has 55 heavy (non-hydrogen) atoms. The van der Waals surface area contributed by atoms with Gasteiger partial charge in [-0.05, 0) is 99.8 Å². The number of anilines is 3. The van der Waals surface area contributed by atoms with Crippen LogP contribution in [0.4, 0.5) is 17.1 Å². The molecule has 258 valence electrons. The molecule has 0 unspecified atom stereocenters. The fourth-order valence-corrected chi connectivity index (χ4v) is 9.52. The molecule has 0 aliphatic carbocycles. The minimum Gasteiger partial charge on any atom is -0.310 e. The third-order valence-electron chi connectivity index (χ3n) is 11.0. The minimum absolute atomic E-state index is 1.11. The predicted molar refractivity (Wildman–Crippen MR) is 237 cm³/mol. The summed E-state index contributed by atoms with van der Waals surface area (Å²) in [5.41, 5.74) is 11.7. The van der Waals surface area contributed by atoms with Crippen LogP contribution in [0, 0.1) is 0 Å². The molecule has 0 saturated heterocycles. The van der Waals surface area contributed by atoms with Crippen molar-refractivity contribution in [3.63, 3.8) is 0 Å². The molecular formula is C52H34N2S. The van der Waals surface area contributed by atoms with Gasteiger partial charge in [-0.3, -0.25) is 0 Å². The number of aromatic nitrogens is 1. The van der Waals surface area contributed by atoms with Crippen molar-refractivity contribution in [1.29, 1.82) is 0 Å². The van der Waals surface area contributed by atoms with Crippen molar-refractivity contribution in [1.82, 2.24) is 4.57 Å². The Morgan fingerprint density at radius 1 is 0.345 bits per heavy atom. The van der Waals surface area contributed by atoms with Gasteiger partial charge >= 0.3 is 0 Å². The highest BCUT2D eigenvalue weighted by molar-refractivity contribution is 7.25. The summed E-state index contributed by atoms with van der Waals surface area (Å²) in [6, 6.07) is 75.1. The number of thiophene rings is 1. The first-order valence-corrected chi connectivity index (χ1v) is 19.6. The van der Waals surface area contributed by atoms with Crippen LogP contribution in [0.3, 0.4) is 0 Å². The molecule has 0 fully saturated rings. The average Bonchev–Trinajstić information content (AvgIpc) is 3.80. The minimum atomic E-state index is 1.11. The van der Waals surface area contributed by atoms with E-state index in [2.05, 4.69) is 216 Å². The standard InChI is InChI=1S/C52H34N2S/c1-2-11-35(12-3-1)39-14-10-15-42(33-39)53(43-30-31-46-45-17-7-9-20-50(45)55-51(46)34-43)40-26-21-36(22-27-40)37-23-28-41(29-24-37)54-48-19-8-6-18-47(48)52-44-16-5-4-13-38(44)25-32-49(52)54/h1-34H. The average molecular weight is 719 g/mol. The van der Waals surface area contributed by atoms with Crippen molar-refractivity contribution < 1.29 is 0 Å². The fourth-order valence-electron chi connectivity index (χ4n) is 8.38. The molecule has 0 atom stereocenters. The number of hydrogen-bond donors (Lipinski definition) is 0. The summed E-state index contributed by atoms with van der Waals surface area (Å²) in [6.07, 6.45) is 0. The normalized spacial score (nSPS) is 11.6. The van der Waals surface area contributed by atoms with Crippen molar-refractivity contribution in [3.05, 3.63) is 206 Å². The van der Waals surface area contributed by atoms with Gasteiger partial charge in [0.25, 0.3) is 0 Å². The third kappa shape index (κ3) is 5.32. The van der Waals surface area contributed by atoms with Gasteiger partial charge in [-0.25, -0.2) is 0 Å². The maximum atomic E-state index is 2.40. The second-order valence-corrected chi connectivity index (χ2v) is 15.2. The summed E-state index contributed by atoms with van der Waals surface area (Å²) in [5, 5.41) is 7.75. The molecule has 2 heterocycles. The number of fused-ring (bicyclic) bond motifs is 8. The van der Waals surface area contributed by atoms with E-state index in [0.29, 0.717) is 0 Å². The summed E-state index contributed by atoms with van der Waals surface area (Å²) in [4.78, 5) is 2.38. The molecule has 3 heteroatoms. The molecule has 11 aromatic rings. The maximum Gasteiger partial charge on any atom is 0.0547 e. The van der Waals surface area contributed by atoms with Gasteiger partial charge in [-0.15, -0.1) is 11.3 Å². The summed E-state index contributed by atoms with van der Waals surface area (Å²) in [6.45, 7) is 0. The predicted octanol–water partition coefficient (Wildman–Crippen LogP) is 15.1. The Labute approximate surface area is 323 Å². The zero-order valence-corrected chi connectivity index (χ0v) is 30.7. The Morgan fingerprint density at radius 2 is 0.964 bits per heavy atom. The first-order valence-electron chi connectivity index (χ1n) is 18.8. The number of rotatable bonds is 6. The van der Waals surface area contributed by atoms with E-state index >= 15 is 0 Å². The Kier molecular flexibility index (Phi) is 7.39. The molecular weight excluding hydrogens is 685 g/mol. The molecule has 2 aromatic heterocycles. The second-order valence-electron chi connectivity index (χ2n) is 14.2. The van der Waals surface area contributed by atoms with Crippen LogP contribution in [-0.4, -0.2) is 4.57 Å². The molecule has 9 aromatic carbocycles. The number of para-hydroxylation sites is 1. The Hall–Kier alpha value is -6.94. The zero-order chi connectivity index (χ0) is 36.3. The topological polar surface area (TPSA) is 8.17 Å². The van der Waals surface area contributed by atoms with E-state index in [-0.39, 0.29) is 0 Å². The molecule has 11 rings (SSSR count). The van der Waals surface area contributed by atoms with Crippen molar-refractivity contribution in [2.75, 3.05) is 4.90 Å². The fraction of sp³-hybridized carbons (Fsp3) is 0. The van der Waals surface area contributed by atoms with Gasteiger partial charge in [-0.1, -0.05) is 140 Å². The summed E-state index contributed by atoms with van der Waals surface area (Å²) >= 11 is 1.86. The second kappa shape index (κ2) is 12.9. The van der Waals surface area contributed by atoms with Gasteiger partial charge < -0.3 is 9.47 Å². The number of benzene rings is 9. The lowest BCUT2D eigenvalue weighted by atomic mass is 10.0. The SMILES string of the molecule is c1ccc(-c2cccc(N(c3ccc(-c4ccc(-n5c6ccccc6c6c7ccccc7ccc65)cc4)cc3)c3ccc4c(c3)sc3ccccc34)c2)cc1. The van der Waals surface area contributed by atoms with Crippen molar-refractivity contribution in [3.8, 4) is 27.9 Å². The van der Waals surface area contributed by atoms with Gasteiger partial charge in [0.05, 0.1) is 11.0 Å². The van der Waals surface area contributed by atoms with Gasteiger partial charge in [0.15, 0.2) is 0 Å². The Balaban J connectivity index is 0.984. The highest BCUT2D eigenvalue weighted by Gasteiger charge is 2.17. The Bertz CT molecular complexity index is 3190. The lowest BCUT2D eigenvalue weighted by molar-refractivity contribution is 1.18. The van der Waals surface area contributed by atoms with E-state index in [1.54, 1.807) is 0 Å². The summed E-state index contributed by atoms with van der Waals surface area (Å²) < 4.78 is 5.00. The van der Waals surface area contributed by atoms with E-state index in [4.69, 9.17) is 0 Å². The number of hydrogen-bond acceptors (Lipinski definition) is 2. The van der Waals surface area contributed by atoms with Gasteiger partial charge in [0.2, 0.25) is 0 Å². The van der Waals surface area contributed by atoms with Crippen LogP contribution < -0.4 is 4.90 Å². The van der Waals surface area contributed by atoms with Crippen LogP contribution in [0.1, 0.15) is 0 Å². The zero-order valence-electron chi connectivity index (χ0n) is 29.9. The molecule has 0 aliphatic heterocycles. The highest BCUT2D eigenvalue weighted by Crippen LogP contribution is 2.42. The van der Waals surface area contributed by atoms with Crippen LogP contribution in [0.5, 0.6) is 0 Å². The molecule has 2 nitrogen and oxygen atoms in total. The quantitative estimate of drug-likeness (QED) is 0.166. The van der Waals surface area contributed by atoms with Crippen LogP contribution in [0.15, 0.2) is 206 Å². The molecule has 0 bridgehead atoms. The van der Waals surface area contributed by atoms with Gasteiger partial charge in [0.1, 0.15) is 0 Å². The molecule has 0 spiro atoms. The first-order chi connectivity index (χ1) is 27.3. The lowest BCUT2D eigenvalue weighted by Crippen LogP contribution is -2.09. The summed E-state index contributed by atoms with van der Waals surface area (Å²) in [7, 11) is 0. The molecule has 0 radical (unpaired) electrons. The van der Waals surface area contributed by atoms with E-state index < -0.39 is 0 Å². The smallest absolute Gasteiger partial charge is 0.0547 e. The van der Waals surface area contributed by atoms with E-state index in [1.165, 1.54) is 75.0 Å². The van der Waals surface area contributed by atoms with Crippen LogP contribution in [-0.2, 0) is 0 Å². The van der Waals surface area contributed by atoms with E-state index in [1.807, 2.05) is 11.3 Å². The van der Waals surface area contributed by atoms with Crippen molar-refractivity contribution in [2.24, 2.45) is 0 Å². The van der Waals surface area contributed by atoms with Crippen LogP contribution in [0.2, 0.25) is 0 Å². The van der Waals surface area contributed by atoms with Crippen LogP contribution in [0.25, 0.3) is 80.7 Å². The van der Waals surface area contributed by atoms with E-state index in [0.717, 1.165) is 22.7 Å². The third-order valence-corrected chi connectivity index (χ3v) is 12.1. The Morgan fingerprint density at radius 3 is 1.80 bits per heavy atom. The van der Waals surface area contributed by atoms with Crippen molar-refractivity contribution >= 4 is 81.1 Å². The highest BCUT2D eigenvalue weighted by atomic mass is 32.1. The maximum absolute atomic E-state index is 2.40. The molecule has 0 amide bonds. The van der Waals surface area contributed by atoms with E-state index in [9.17, 15) is 0 Å². The van der Waals surface area contributed by atoms with Crippen molar-refractivity contribution in [2.45, 2.75) is 0 Å². The number of nitrogens with zero attached hydrogens (tertiary/aromatic N) is 2. The molecule has 0 aliphatic rings. The monoisotopic (exact) mass is 718 g/mol. The molecule has 0 saturated carbocycles. The van der Waals surface area contributed by atoms with Crippen LogP contribution >= 0.6 is 11.3 Å². The van der Waals surface area contributed by atoms with Gasteiger partial charge in [0, 0.05) is 53.7 Å². The largest absolute Gasteiger partial charge is 0.310 e. The lowest BCUT2D eigenvalue weighted by Gasteiger charge is -2.26. The summed E-state index contributed by atoms with van der Waals surface area (Å²) in [5.74, 6) is 0.